The van der Waals surface area contributed by atoms with Gasteiger partial charge in [0.2, 0.25) is 0 Å². The van der Waals surface area contributed by atoms with Gasteiger partial charge < -0.3 is 20.4 Å². The van der Waals surface area contributed by atoms with E-state index in [9.17, 15) is 19.2 Å². The molecule has 0 aromatic carbocycles. The summed E-state index contributed by atoms with van der Waals surface area (Å²) in [7, 11) is 0. The van der Waals surface area contributed by atoms with Gasteiger partial charge in [-0.15, -0.1) is 0 Å². The predicted octanol–water partition coefficient (Wildman–Crippen LogP) is 3.12. The maximum Gasteiger partial charge on any atom is 0.354 e. The van der Waals surface area contributed by atoms with E-state index >= 15 is 0 Å². The molecule has 13 heteroatoms. The van der Waals surface area contributed by atoms with E-state index in [4.69, 9.17) is 20.4 Å². The Balaban J connectivity index is 0.000000463. The number of hydrogen-bond donors (Lipinski definition) is 4. The van der Waals surface area contributed by atoms with Gasteiger partial charge in [-0.3, -0.25) is 0 Å². The third-order valence-electron chi connectivity index (χ3n) is 3.54. The Bertz CT molecular complexity index is 1030. The van der Waals surface area contributed by atoms with Gasteiger partial charge in [-0.25, -0.2) is 39.1 Å². The molecule has 37 heavy (non-hydrogen) atoms. The van der Waals surface area contributed by atoms with Crippen molar-refractivity contribution in [1.29, 1.82) is 0 Å². The first-order valence-electron chi connectivity index (χ1n) is 9.79. The fraction of sp³-hybridized carbons (Fsp3) is 0. The number of nitrogens with zero attached hydrogens (tertiary/aromatic N) is 4. The summed E-state index contributed by atoms with van der Waals surface area (Å²) in [5.74, 6) is -3.96. The van der Waals surface area contributed by atoms with Crippen molar-refractivity contribution in [3.63, 3.8) is 0 Å². The maximum absolute atomic E-state index is 10.1. The molecule has 0 radical (unpaired) electrons. The van der Waals surface area contributed by atoms with Crippen LogP contribution in [0.15, 0.2) is 97.6 Å². The second-order valence-electron chi connectivity index (χ2n) is 6.08. The minimum absolute atomic E-state index is 0. The average molecular weight is 588 g/mol. The summed E-state index contributed by atoms with van der Waals surface area (Å²) in [5, 5.41) is 33.3. The van der Waals surface area contributed by atoms with E-state index in [0.717, 1.165) is 0 Å². The Labute approximate surface area is 224 Å². The van der Waals surface area contributed by atoms with E-state index in [0.29, 0.717) is 0 Å². The first kappa shape index (κ1) is 32.2. The molecule has 0 saturated carbocycles. The number of carboxylic acids is 4. The van der Waals surface area contributed by atoms with Crippen LogP contribution in [-0.4, -0.2) is 64.2 Å². The minimum Gasteiger partial charge on any atom is -0.477 e. The second-order valence-corrected chi connectivity index (χ2v) is 6.08. The fourth-order valence-corrected chi connectivity index (χ4v) is 1.96. The molecule has 0 spiro atoms. The number of carbonyl (C=O) groups is 4. The zero-order valence-electron chi connectivity index (χ0n) is 18.9. The van der Waals surface area contributed by atoms with Crippen LogP contribution in [0, 0.1) is 0 Å². The molecule has 0 fully saturated rings. The van der Waals surface area contributed by atoms with Crippen LogP contribution in [0.5, 0.6) is 0 Å². The maximum atomic E-state index is 10.1. The molecular weight excluding hydrogens is 568 g/mol. The molecule has 4 aromatic heterocycles. The van der Waals surface area contributed by atoms with Crippen LogP contribution in [0.3, 0.4) is 0 Å². The first-order chi connectivity index (χ1) is 17.2. The van der Waals surface area contributed by atoms with E-state index < -0.39 is 23.9 Å². The minimum atomic E-state index is -0.990. The predicted molar refractivity (Wildman–Crippen MR) is 125 cm³/mol. The van der Waals surface area contributed by atoms with Gasteiger partial charge >= 0.3 is 23.9 Å². The topological polar surface area (TPSA) is 201 Å². The van der Waals surface area contributed by atoms with Crippen molar-refractivity contribution in [3.05, 3.63) is 120 Å². The summed E-state index contributed by atoms with van der Waals surface area (Å²) in [5.41, 5.74) is 0.324. The number of carboxylic acid groups (broad SMARTS) is 4. The van der Waals surface area contributed by atoms with Gasteiger partial charge in [-0.1, -0.05) is 24.3 Å². The van der Waals surface area contributed by atoms with Gasteiger partial charge in [0.15, 0.2) is 0 Å². The van der Waals surface area contributed by atoms with Crippen molar-refractivity contribution in [2.75, 3.05) is 0 Å². The van der Waals surface area contributed by atoms with Crippen LogP contribution >= 0.6 is 0 Å². The molecule has 4 aromatic rings. The van der Waals surface area contributed by atoms with E-state index in [1.165, 1.54) is 49.1 Å². The number of rotatable bonds is 4. The molecule has 0 aliphatic carbocycles. The van der Waals surface area contributed by atoms with Crippen LogP contribution in [0.1, 0.15) is 42.0 Å². The Kier molecular flexibility index (Phi) is 16.1. The number of hydrogen-bond acceptors (Lipinski definition) is 8. The van der Waals surface area contributed by atoms with Crippen LogP contribution in [0.2, 0.25) is 0 Å². The summed E-state index contributed by atoms with van der Waals surface area (Å²) in [6, 6.07) is 19.0. The molecule has 0 aliphatic heterocycles. The molecule has 0 bridgehead atoms. The summed E-state index contributed by atoms with van der Waals surface area (Å²) in [6.07, 6.45) is 5.79. The standard InChI is InChI=1S/4C6H5NO2.Mo/c4*8-6(9)5-3-1-2-4-7-5;/h4*1-4H,(H,8,9);. The second kappa shape index (κ2) is 18.5. The van der Waals surface area contributed by atoms with E-state index in [1.54, 1.807) is 48.5 Å². The zero-order chi connectivity index (χ0) is 26.8. The molecular formula is C24H20MoN4O8. The molecule has 0 aliphatic rings. The van der Waals surface area contributed by atoms with Crippen molar-refractivity contribution in [3.8, 4) is 0 Å². The van der Waals surface area contributed by atoms with Crippen molar-refractivity contribution in [2.45, 2.75) is 0 Å². The van der Waals surface area contributed by atoms with E-state index in [2.05, 4.69) is 19.9 Å². The summed E-state index contributed by atoms with van der Waals surface area (Å²) >= 11 is 0. The molecule has 4 rings (SSSR count). The van der Waals surface area contributed by atoms with Gasteiger partial charge in [0, 0.05) is 45.9 Å². The Hall–Kier alpha value is -4.83. The van der Waals surface area contributed by atoms with E-state index in [-0.39, 0.29) is 43.8 Å². The van der Waals surface area contributed by atoms with Gasteiger partial charge in [-0.2, -0.15) is 0 Å². The van der Waals surface area contributed by atoms with Gasteiger partial charge in [-0.05, 0) is 48.5 Å². The molecule has 4 N–H and O–H groups in total. The quantitative estimate of drug-likeness (QED) is 0.254. The molecule has 0 saturated heterocycles. The summed E-state index contributed by atoms with van der Waals surface area (Å²) in [6.45, 7) is 0. The third kappa shape index (κ3) is 14.2. The zero-order valence-corrected chi connectivity index (χ0v) is 20.9. The molecule has 0 amide bonds. The third-order valence-corrected chi connectivity index (χ3v) is 3.54. The Morgan fingerprint density at radius 1 is 0.405 bits per heavy atom. The number of pyridine rings is 4. The van der Waals surface area contributed by atoms with Crippen LogP contribution in [0.4, 0.5) is 0 Å². The molecule has 0 unspecified atom stereocenters. The largest absolute Gasteiger partial charge is 0.477 e. The van der Waals surface area contributed by atoms with Crippen molar-refractivity contribution in [1.82, 2.24) is 19.9 Å². The van der Waals surface area contributed by atoms with Gasteiger partial charge in [0.25, 0.3) is 0 Å². The Morgan fingerprint density at radius 2 is 0.595 bits per heavy atom. The fourth-order valence-electron chi connectivity index (χ4n) is 1.96. The normalized spacial score (nSPS) is 8.65. The molecule has 0 atom stereocenters. The van der Waals surface area contributed by atoms with Crippen molar-refractivity contribution >= 4 is 23.9 Å². The number of aromatic carboxylic acids is 4. The number of aromatic nitrogens is 4. The van der Waals surface area contributed by atoms with Gasteiger partial charge in [0.05, 0.1) is 0 Å². The monoisotopic (exact) mass is 590 g/mol. The van der Waals surface area contributed by atoms with Crippen LogP contribution in [0.25, 0.3) is 0 Å². The first-order valence-corrected chi connectivity index (χ1v) is 9.79. The average Bonchev–Trinajstić information content (AvgIpc) is 2.92. The molecule has 4 heterocycles. The molecule has 190 valence electrons. The summed E-state index contributed by atoms with van der Waals surface area (Å²) in [4.78, 5) is 54.9. The molecule has 12 nitrogen and oxygen atoms in total. The van der Waals surface area contributed by atoms with E-state index in [1.807, 2.05) is 0 Å². The van der Waals surface area contributed by atoms with Crippen molar-refractivity contribution in [2.24, 2.45) is 0 Å². The smallest absolute Gasteiger partial charge is 0.354 e. The van der Waals surface area contributed by atoms with Crippen LogP contribution < -0.4 is 0 Å². The van der Waals surface area contributed by atoms with Crippen molar-refractivity contribution < 1.29 is 60.7 Å². The SMILES string of the molecule is O=C(O)c1ccccn1.O=C(O)c1ccccn1.O=C(O)c1ccccn1.O=C(O)c1ccccn1.[Mo]. The van der Waals surface area contributed by atoms with Crippen LogP contribution in [-0.2, 0) is 21.1 Å². The summed E-state index contributed by atoms with van der Waals surface area (Å²) < 4.78 is 0. The van der Waals surface area contributed by atoms with Gasteiger partial charge in [0.1, 0.15) is 22.8 Å². The Morgan fingerprint density at radius 3 is 0.676 bits per heavy atom.